The van der Waals surface area contributed by atoms with Crippen molar-refractivity contribution < 1.29 is 21.5 Å². The van der Waals surface area contributed by atoms with Gasteiger partial charge in [-0.1, -0.05) is 48.5 Å². The Morgan fingerprint density at radius 3 is 2.37 bits per heavy atom. The van der Waals surface area contributed by atoms with Crippen LogP contribution in [-0.2, 0) is 19.4 Å². The number of aromatic amines is 1. The highest BCUT2D eigenvalue weighted by atomic mass is 79.9. The highest BCUT2D eigenvalue weighted by molar-refractivity contribution is 5.84. The number of hydrogen-bond donors (Lipinski definition) is 1. The number of benzene rings is 2. The minimum absolute atomic E-state index is 0. The summed E-state index contributed by atoms with van der Waals surface area (Å²) < 4.78 is 2.34. The molecule has 5 rings (SSSR count). The lowest BCUT2D eigenvalue weighted by Gasteiger charge is -2.20. The van der Waals surface area contributed by atoms with E-state index in [2.05, 4.69) is 88.7 Å². The monoisotopic (exact) mass is 418 g/mol. The van der Waals surface area contributed by atoms with Gasteiger partial charge in [-0.2, -0.15) is 0 Å². The van der Waals surface area contributed by atoms with Gasteiger partial charge in [0.2, 0.25) is 0 Å². The molecule has 2 nitrogen and oxygen atoms in total. The molecule has 0 spiro atoms. The molecule has 0 bridgehead atoms. The smallest absolute Gasteiger partial charge is 0.169 e. The first kappa shape index (κ1) is 18.0. The normalized spacial score (nSPS) is 15.9. The van der Waals surface area contributed by atoms with Crippen LogP contribution in [0.5, 0.6) is 0 Å². The number of hydrogen-bond acceptors (Lipinski definition) is 0. The first-order valence-corrected chi connectivity index (χ1v) is 9.50. The molecule has 1 aliphatic rings. The Morgan fingerprint density at radius 1 is 0.852 bits per heavy atom. The maximum atomic E-state index is 3.62. The lowest BCUT2D eigenvalue weighted by molar-refractivity contribution is -0.703. The van der Waals surface area contributed by atoms with Crippen molar-refractivity contribution in [3.05, 3.63) is 90.4 Å². The molecule has 1 N–H and O–H groups in total. The largest absolute Gasteiger partial charge is 1.00 e. The van der Waals surface area contributed by atoms with Crippen LogP contribution in [0.15, 0.2) is 79.1 Å². The molecule has 2 aromatic carbocycles. The zero-order chi connectivity index (χ0) is 17.3. The van der Waals surface area contributed by atoms with E-state index in [9.17, 15) is 0 Å². The van der Waals surface area contributed by atoms with Crippen molar-refractivity contribution in [2.45, 2.75) is 25.8 Å². The summed E-state index contributed by atoms with van der Waals surface area (Å²) in [5.74, 6) is 0.703. The topological polar surface area (TPSA) is 19.7 Å². The van der Waals surface area contributed by atoms with E-state index in [1.165, 1.54) is 40.6 Å². The zero-order valence-corrected chi connectivity index (χ0v) is 16.8. The molecule has 2 heterocycles. The van der Waals surface area contributed by atoms with Crippen LogP contribution >= 0.6 is 0 Å². The number of aryl methyl sites for hydroxylation is 1. The zero-order valence-electron chi connectivity index (χ0n) is 15.2. The van der Waals surface area contributed by atoms with Crippen molar-refractivity contribution in [3.63, 3.8) is 0 Å². The molecule has 4 aromatic rings. The molecule has 1 unspecified atom stereocenters. The molecule has 1 aliphatic carbocycles. The summed E-state index contributed by atoms with van der Waals surface area (Å²) in [6.45, 7) is 1.09. The third kappa shape index (κ3) is 3.57. The van der Waals surface area contributed by atoms with Gasteiger partial charge in [0, 0.05) is 34.6 Å². The van der Waals surface area contributed by atoms with Crippen molar-refractivity contribution in [1.82, 2.24) is 4.98 Å². The molecule has 2 aromatic heterocycles. The Hall–Kier alpha value is -2.39. The van der Waals surface area contributed by atoms with Gasteiger partial charge in [-0.3, -0.25) is 0 Å². The Morgan fingerprint density at radius 2 is 1.56 bits per heavy atom. The van der Waals surface area contributed by atoms with Gasteiger partial charge in [-0.15, -0.1) is 0 Å². The molecule has 3 heteroatoms. The van der Waals surface area contributed by atoms with Crippen molar-refractivity contribution in [2.24, 2.45) is 5.92 Å². The van der Waals surface area contributed by atoms with E-state index < -0.39 is 0 Å². The summed E-state index contributed by atoms with van der Waals surface area (Å²) in [4.78, 5) is 3.62. The van der Waals surface area contributed by atoms with E-state index in [-0.39, 0.29) is 17.0 Å². The summed E-state index contributed by atoms with van der Waals surface area (Å²) in [7, 11) is 0. The molecular weight excluding hydrogens is 396 g/mol. The maximum Gasteiger partial charge on any atom is 0.169 e. The molecule has 0 aliphatic heterocycles. The van der Waals surface area contributed by atoms with E-state index in [1.54, 1.807) is 5.56 Å². The molecule has 0 radical (unpaired) electrons. The Balaban J connectivity index is 0.00000180. The summed E-state index contributed by atoms with van der Waals surface area (Å²) in [6, 6.07) is 23.8. The summed E-state index contributed by atoms with van der Waals surface area (Å²) in [6.07, 6.45) is 8.05. The summed E-state index contributed by atoms with van der Waals surface area (Å²) >= 11 is 0. The lowest BCUT2D eigenvalue weighted by Crippen LogP contribution is -3.00. The van der Waals surface area contributed by atoms with Gasteiger partial charge in [0.25, 0.3) is 0 Å². The predicted molar refractivity (Wildman–Crippen MR) is 106 cm³/mol. The van der Waals surface area contributed by atoms with Crippen LogP contribution in [0.1, 0.15) is 17.7 Å². The fourth-order valence-electron chi connectivity index (χ4n) is 4.30. The number of halogens is 1. The SMILES string of the molecule is [Br-].c1ccc(-c2cc[n+](CC3CCc4[nH]c5ccccc5c4C3)cc2)cc1. The van der Waals surface area contributed by atoms with Gasteiger partial charge >= 0.3 is 0 Å². The standard InChI is InChI=1S/C24H23N2.BrH/c1-2-6-19(7-3-1)20-12-14-26(15-13-20)17-18-10-11-24-22(16-18)21-8-4-5-9-23(21)25-24;/h1-9,12-15,18,25H,10-11,16-17H2;1H/q+1;/p-1. The average molecular weight is 419 g/mol. The van der Waals surface area contributed by atoms with E-state index >= 15 is 0 Å². The minimum Gasteiger partial charge on any atom is -1.00 e. The Labute approximate surface area is 170 Å². The van der Waals surface area contributed by atoms with E-state index in [0.29, 0.717) is 5.92 Å². The molecule has 136 valence electrons. The Kier molecular flexibility index (Phi) is 5.13. The highest BCUT2D eigenvalue weighted by Gasteiger charge is 2.24. The number of rotatable bonds is 3. The quantitative estimate of drug-likeness (QED) is 0.490. The Bertz CT molecular complexity index is 1040. The first-order valence-electron chi connectivity index (χ1n) is 9.50. The average Bonchev–Trinajstić information content (AvgIpc) is 3.07. The highest BCUT2D eigenvalue weighted by Crippen LogP contribution is 2.31. The fourth-order valence-corrected chi connectivity index (χ4v) is 4.30. The number of nitrogens with zero attached hydrogens (tertiary/aromatic N) is 1. The second-order valence-corrected chi connectivity index (χ2v) is 7.39. The van der Waals surface area contributed by atoms with Crippen molar-refractivity contribution in [2.75, 3.05) is 0 Å². The number of nitrogens with one attached hydrogen (secondary N) is 1. The summed E-state index contributed by atoms with van der Waals surface area (Å²) in [5.41, 5.74) is 6.84. The van der Waals surface area contributed by atoms with E-state index in [4.69, 9.17) is 0 Å². The number of fused-ring (bicyclic) bond motifs is 3. The first-order chi connectivity index (χ1) is 12.9. The number of para-hydroxylation sites is 1. The van der Waals surface area contributed by atoms with E-state index in [1.807, 2.05) is 0 Å². The summed E-state index contributed by atoms with van der Waals surface area (Å²) in [5, 5.41) is 1.41. The number of aromatic nitrogens is 2. The lowest BCUT2D eigenvalue weighted by atomic mass is 9.86. The van der Waals surface area contributed by atoms with Crippen molar-refractivity contribution in [3.8, 4) is 11.1 Å². The number of pyridine rings is 1. The minimum atomic E-state index is 0. The van der Waals surface area contributed by atoms with Crippen LogP contribution in [-0.4, -0.2) is 4.98 Å². The van der Waals surface area contributed by atoms with Crippen molar-refractivity contribution in [1.29, 1.82) is 0 Å². The van der Waals surface area contributed by atoms with Crippen LogP contribution < -0.4 is 21.5 Å². The maximum absolute atomic E-state index is 3.62. The van der Waals surface area contributed by atoms with Crippen LogP contribution in [0.25, 0.3) is 22.0 Å². The molecule has 27 heavy (non-hydrogen) atoms. The van der Waals surface area contributed by atoms with Crippen LogP contribution in [0.4, 0.5) is 0 Å². The third-order valence-corrected chi connectivity index (χ3v) is 5.66. The van der Waals surface area contributed by atoms with Gasteiger partial charge in [0.05, 0.1) is 0 Å². The second-order valence-electron chi connectivity index (χ2n) is 7.39. The predicted octanol–water partition coefficient (Wildman–Crippen LogP) is 1.93. The third-order valence-electron chi connectivity index (χ3n) is 5.66. The molecule has 0 amide bonds. The molecular formula is C24H23BrN2. The molecule has 0 fully saturated rings. The van der Waals surface area contributed by atoms with Gasteiger partial charge in [0.15, 0.2) is 18.9 Å². The fraction of sp³-hybridized carbons (Fsp3) is 0.208. The van der Waals surface area contributed by atoms with E-state index in [0.717, 1.165) is 13.0 Å². The van der Waals surface area contributed by atoms with Crippen LogP contribution in [0.3, 0.4) is 0 Å². The van der Waals surface area contributed by atoms with Crippen molar-refractivity contribution >= 4 is 10.9 Å². The van der Waals surface area contributed by atoms with Crippen LogP contribution in [0, 0.1) is 5.92 Å². The second kappa shape index (κ2) is 7.69. The molecule has 0 saturated carbocycles. The molecule has 0 saturated heterocycles. The van der Waals surface area contributed by atoms with Gasteiger partial charge in [-0.05, 0) is 42.0 Å². The van der Waals surface area contributed by atoms with Gasteiger partial charge in [0.1, 0.15) is 0 Å². The number of H-pyrrole nitrogens is 1. The van der Waals surface area contributed by atoms with Crippen LogP contribution in [0.2, 0.25) is 0 Å². The van der Waals surface area contributed by atoms with Gasteiger partial charge in [-0.25, -0.2) is 4.57 Å². The molecule has 1 atom stereocenters. The van der Waals surface area contributed by atoms with Gasteiger partial charge < -0.3 is 22.0 Å².